The van der Waals surface area contributed by atoms with Gasteiger partial charge in [-0.25, -0.2) is 4.98 Å². The Kier molecular flexibility index (Phi) is 3.46. The summed E-state index contributed by atoms with van der Waals surface area (Å²) in [6, 6.07) is 1.70. The van der Waals surface area contributed by atoms with Crippen molar-refractivity contribution < 1.29 is 22.4 Å². The summed E-state index contributed by atoms with van der Waals surface area (Å²) >= 11 is 0. The van der Waals surface area contributed by atoms with E-state index in [1.807, 2.05) is 13.8 Å². The van der Waals surface area contributed by atoms with Crippen LogP contribution in [0.15, 0.2) is 10.6 Å². The molecule has 10 heteroatoms. The lowest BCUT2D eigenvalue weighted by Crippen LogP contribution is -2.05. The van der Waals surface area contributed by atoms with Crippen LogP contribution in [0, 0.1) is 6.92 Å². The van der Waals surface area contributed by atoms with Crippen LogP contribution in [0.5, 0.6) is 5.88 Å². The minimum Gasteiger partial charge on any atom is -0.481 e. The number of aromatic nitrogens is 5. The number of alkyl halides is 3. The van der Waals surface area contributed by atoms with Crippen LogP contribution in [-0.2, 0) is 12.6 Å². The molecule has 3 heterocycles. The predicted octanol–water partition coefficient (Wildman–Crippen LogP) is 2.68. The third-order valence-corrected chi connectivity index (χ3v) is 3.27. The summed E-state index contributed by atoms with van der Waals surface area (Å²) in [6.07, 6.45) is -4.20. The Labute approximate surface area is 128 Å². The van der Waals surface area contributed by atoms with Gasteiger partial charge in [-0.05, 0) is 13.3 Å². The lowest BCUT2D eigenvalue weighted by Gasteiger charge is -2.05. The summed E-state index contributed by atoms with van der Waals surface area (Å²) in [5.41, 5.74) is 1.62. The van der Waals surface area contributed by atoms with Gasteiger partial charge in [-0.1, -0.05) is 12.1 Å². The summed E-state index contributed by atoms with van der Waals surface area (Å²) < 4.78 is 48.9. The Bertz CT molecular complexity index is 868. The molecule has 0 aliphatic heterocycles. The van der Waals surface area contributed by atoms with Gasteiger partial charge in [0.2, 0.25) is 17.5 Å². The highest BCUT2D eigenvalue weighted by Crippen LogP contribution is 2.30. The topological polar surface area (TPSA) is 78.3 Å². The monoisotopic (exact) mass is 327 g/mol. The van der Waals surface area contributed by atoms with Crippen LogP contribution in [0.3, 0.4) is 0 Å². The second-order valence-electron chi connectivity index (χ2n) is 4.76. The molecule has 0 saturated heterocycles. The molecule has 0 amide bonds. The summed E-state index contributed by atoms with van der Waals surface area (Å²) in [5.74, 6) is -0.975. The number of rotatable bonds is 3. The average molecular weight is 327 g/mol. The van der Waals surface area contributed by atoms with Crippen LogP contribution in [0.1, 0.15) is 24.2 Å². The number of ether oxygens (including phenoxy) is 1. The number of halogens is 3. The molecule has 3 aromatic rings. The van der Waals surface area contributed by atoms with Gasteiger partial charge in [0.05, 0.1) is 12.8 Å². The van der Waals surface area contributed by atoms with Crippen molar-refractivity contribution in [2.24, 2.45) is 0 Å². The summed E-state index contributed by atoms with van der Waals surface area (Å²) in [4.78, 5) is 11.8. The van der Waals surface area contributed by atoms with Crippen molar-refractivity contribution >= 4 is 5.78 Å². The van der Waals surface area contributed by atoms with Crippen molar-refractivity contribution in [2.75, 3.05) is 7.11 Å². The molecule has 0 unspecified atom stereocenters. The second-order valence-corrected chi connectivity index (χ2v) is 4.76. The Balaban J connectivity index is 2.21. The lowest BCUT2D eigenvalue weighted by atomic mass is 10.2. The fourth-order valence-electron chi connectivity index (χ4n) is 2.30. The first-order chi connectivity index (χ1) is 10.8. The van der Waals surface area contributed by atoms with Gasteiger partial charge in [0.1, 0.15) is 5.69 Å². The van der Waals surface area contributed by atoms with E-state index >= 15 is 0 Å². The molecule has 0 aromatic carbocycles. The van der Waals surface area contributed by atoms with Crippen molar-refractivity contribution in [1.82, 2.24) is 24.5 Å². The van der Waals surface area contributed by atoms with E-state index in [9.17, 15) is 13.2 Å². The Morgan fingerprint density at radius 2 is 2.00 bits per heavy atom. The van der Waals surface area contributed by atoms with E-state index in [-0.39, 0.29) is 11.5 Å². The second kappa shape index (κ2) is 5.21. The first-order valence-electron chi connectivity index (χ1n) is 6.69. The SMILES string of the molecule is CCc1c(-c2noc(C(F)(F)F)n2)nc2nc(OC)cc(C)n12. The third kappa shape index (κ3) is 2.49. The van der Waals surface area contributed by atoms with Crippen molar-refractivity contribution in [3.63, 3.8) is 0 Å². The van der Waals surface area contributed by atoms with E-state index in [0.717, 1.165) is 5.69 Å². The van der Waals surface area contributed by atoms with Crippen LogP contribution >= 0.6 is 0 Å². The average Bonchev–Trinajstić information content (AvgIpc) is 3.10. The Hall–Kier alpha value is -2.65. The summed E-state index contributed by atoms with van der Waals surface area (Å²) in [5, 5.41) is 3.39. The van der Waals surface area contributed by atoms with Gasteiger partial charge in [-0.3, -0.25) is 4.40 Å². The zero-order chi connectivity index (χ0) is 16.8. The number of hydrogen-bond acceptors (Lipinski definition) is 6. The molecule has 0 saturated carbocycles. The zero-order valence-electron chi connectivity index (χ0n) is 12.5. The highest BCUT2D eigenvalue weighted by Gasteiger charge is 2.39. The molecule has 23 heavy (non-hydrogen) atoms. The van der Waals surface area contributed by atoms with E-state index in [1.54, 1.807) is 10.5 Å². The molecule has 0 fully saturated rings. The number of hydrogen-bond donors (Lipinski definition) is 0. The molecule has 122 valence electrons. The molecule has 0 aliphatic rings. The highest BCUT2D eigenvalue weighted by molar-refractivity contribution is 5.59. The molecule has 3 aromatic heterocycles. The predicted molar refractivity (Wildman–Crippen MR) is 71.9 cm³/mol. The standard InChI is InChI=1S/C13H12F3N5O2/c1-4-7-9(10-19-11(23-20-10)13(14,15)16)18-12-17-8(22-3)5-6(2)21(7)12/h5H,4H2,1-3H3. The molecule has 3 rings (SSSR count). The smallest absolute Gasteiger partial charge is 0.471 e. The summed E-state index contributed by atoms with van der Waals surface area (Å²) in [6.45, 7) is 3.67. The number of methoxy groups -OCH3 is 1. The largest absolute Gasteiger partial charge is 0.481 e. The molecule has 0 spiro atoms. The minimum absolute atomic E-state index is 0.204. The maximum Gasteiger partial charge on any atom is 0.471 e. The highest BCUT2D eigenvalue weighted by atomic mass is 19.4. The Morgan fingerprint density at radius 3 is 2.57 bits per heavy atom. The first kappa shape index (κ1) is 15.3. The number of imidazole rings is 1. The van der Waals surface area contributed by atoms with Gasteiger partial charge in [0, 0.05) is 11.8 Å². The van der Waals surface area contributed by atoms with Gasteiger partial charge in [-0.15, -0.1) is 0 Å². The molecular formula is C13H12F3N5O2. The van der Waals surface area contributed by atoms with Crippen LogP contribution in [0.25, 0.3) is 17.3 Å². The quantitative estimate of drug-likeness (QED) is 0.736. The fourth-order valence-corrected chi connectivity index (χ4v) is 2.30. The van der Waals surface area contributed by atoms with E-state index in [2.05, 4.69) is 24.6 Å². The van der Waals surface area contributed by atoms with Gasteiger partial charge in [-0.2, -0.15) is 23.1 Å². The van der Waals surface area contributed by atoms with E-state index < -0.39 is 12.1 Å². The van der Waals surface area contributed by atoms with Gasteiger partial charge < -0.3 is 9.26 Å². The maximum absolute atomic E-state index is 12.6. The molecule has 0 aliphatic carbocycles. The van der Waals surface area contributed by atoms with Crippen LogP contribution in [0.2, 0.25) is 0 Å². The maximum atomic E-state index is 12.6. The molecular weight excluding hydrogens is 315 g/mol. The Morgan fingerprint density at radius 1 is 1.26 bits per heavy atom. The zero-order valence-corrected chi connectivity index (χ0v) is 12.5. The number of aryl methyl sites for hydroxylation is 2. The molecule has 0 bridgehead atoms. The van der Waals surface area contributed by atoms with E-state index in [4.69, 9.17) is 4.74 Å². The third-order valence-electron chi connectivity index (χ3n) is 3.27. The van der Waals surface area contributed by atoms with Crippen LogP contribution in [0.4, 0.5) is 13.2 Å². The minimum atomic E-state index is -4.70. The van der Waals surface area contributed by atoms with Gasteiger partial charge in [0.25, 0.3) is 0 Å². The first-order valence-corrected chi connectivity index (χ1v) is 6.69. The normalized spacial score (nSPS) is 12.1. The van der Waals surface area contributed by atoms with Crippen LogP contribution in [-0.4, -0.2) is 31.6 Å². The fraction of sp³-hybridized carbons (Fsp3) is 0.385. The van der Waals surface area contributed by atoms with E-state index in [0.29, 0.717) is 23.8 Å². The molecule has 7 nitrogen and oxygen atoms in total. The lowest BCUT2D eigenvalue weighted by molar-refractivity contribution is -0.159. The van der Waals surface area contributed by atoms with Crippen molar-refractivity contribution in [2.45, 2.75) is 26.4 Å². The van der Waals surface area contributed by atoms with Crippen molar-refractivity contribution in [1.29, 1.82) is 0 Å². The summed E-state index contributed by atoms with van der Waals surface area (Å²) in [7, 11) is 1.47. The number of nitrogens with zero attached hydrogens (tertiary/aromatic N) is 5. The molecule has 0 atom stereocenters. The molecule has 0 radical (unpaired) electrons. The number of fused-ring (bicyclic) bond motifs is 1. The van der Waals surface area contributed by atoms with Gasteiger partial charge >= 0.3 is 12.1 Å². The van der Waals surface area contributed by atoms with E-state index in [1.165, 1.54) is 7.11 Å². The molecule has 0 N–H and O–H groups in total. The van der Waals surface area contributed by atoms with Crippen LogP contribution < -0.4 is 4.74 Å². The van der Waals surface area contributed by atoms with Gasteiger partial charge in [0.15, 0.2) is 0 Å². The van der Waals surface area contributed by atoms with Crippen molar-refractivity contribution in [3.05, 3.63) is 23.3 Å². The van der Waals surface area contributed by atoms with Crippen molar-refractivity contribution in [3.8, 4) is 17.4 Å².